The Morgan fingerprint density at radius 1 is 1.16 bits per heavy atom. The molecule has 0 heterocycles. The van der Waals surface area contributed by atoms with Gasteiger partial charge >= 0.3 is 5.97 Å². The normalized spacial score (nSPS) is 10.8. The molecule has 0 aromatic heterocycles. The molecule has 0 fully saturated rings. The van der Waals surface area contributed by atoms with Gasteiger partial charge in [0.1, 0.15) is 0 Å². The Labute approximate surface area is 146 Å². The van der Waals surface area contributed by atoms with Crippen molar-refractivity contribution in [2.45, 2.75) is 39.2 Å². The van der Waals surface area contributed by atoms with Gasteiger partial charge in [-0.15, -0.1) is 0 Å². The lowest BCUT2D eigenvalue weighted by atomic mass is 9.97. The van der Waals surface area contributed by atoms with Crippen molar-refractivity contribution in [1.82, 2.24) is 5.32 Å². The first-order chi connectivity index (χ1) is 11.6. The van der Waals surface area contributed by atoms with Crippen LogP contribution in [0.4, 0.5) is 5.69 Å². The lowest BCUT2D eigenvalue weighted by Crippen LogP contribution is -2.43. The minimum Gasteiger partial charge on any atom is -0.493 e. The molecule has 0 aliphatic carbocycles. The molecule has 1 aromatic rings. The molecule has 1 aromatic carbocycles. The zero-order valence-corrected chi connectivity index (χ0v) is 15.1. The third-order valence-corrected chi connectivity index (χ3v) is 3.47. The van der Waals surface area contributed by atoms with Crippen molar-refractivity contribution in [2.75, 3.05) is 19.5 Å². The van der Waals surface area contributed by atoms with Crippen LogP contribution in [0.5, 0.6) is 11.5 Å². The fourth-order valence-corrected chi connectivity index (χ4v) is 2.24. The first kappa shape index (κ1) is 20.3. The van der Waals surface area contributed by atoms with Gasteiger partial charge in [0, 0.05) is 24.4 Å². The highest BCUT2D eigenvalue weighted by Gasteiger charge is 2.24. The number of ether oxygens (including phenoxy) is 2. The van der Waals surface area contributed by atoms with Crippen molar-refractivity contribution in [3.8, 4) is 11.5 Å². The zero-order valence-electron chi connectivity index (χ0n) is 15.1. The second-order valence-electron chi connectivity index (χ2n) is 6.17. The Balaban J connectivity index is 3.12. The molecule has 3 N–H and O–H groups in total. The molecule has 2 amide bonds. The molecule has 0 unspecified atom stereocenters. The number of carboxylic acids is 1. The molecule has 8 nitrogen and oxygen atoms in total. The van der Waals surface area contributed by atoms with E-state index in [0.717, 1.165) is 0 Å². The van der Waals surface area contributed by atoms with Gasteiger partial charge < -0.3 is 25.2 Å². The first-order valence-electron chi connectivity index (χ1n) is 7.67. The van der Waals surface area contributed by atoms with Gasteiger partial charge in [0.15, 0.2) is 11.5 Å². The average molecular weight is 352 g/mol. The fourth-order valence-electron chi connectivity index (χ4n) is 2.24. The van der Waals surface area contributed by atoms with Crippen LogP contribution in [0.15, 0.2) is 12.1 Å². The van der Waals surface area contributed by atoms with Gasteiger partial charge in [-0.25, -0.2) is 0 Å². The van der Waals surface area contributed by atoms with Gasteiger partial charge in [-0.3, -0.25) is 14.4 Å². The smallest absolute Gasteiger partial charge is 0.303 e. The third kappa shape index (κ3) is 5.98. The number of carbonyl (C=O) groups is 3. The van der Waals surface area contributed by atoms with Gasteiger partial charge in [-0.2, -0.15) is 0 Å². The standard InChI is InChI=1S/C17H24N2O6/c1-10(20)18-12-8-11(9-13(24-4)15(12)25-5)16(23)19-17(2,3)7-6-14(21)22/h8-9H,6-7H2,1-5H3,(H,18,20)(H,19,23)(H,21,22). The molecular weight excluding hydrogens is 328 g/mol. The fraction of sp³-hybridized carbons (Fsp3) is 0.471. The minimum absolute atomic E-state index is 0.0592. The van der Waals surface area contributed by atoms with Crippen LogP contribution in [0.25, 0.3) is 0 Å². The second-order valence-corrected chi connectivity index (χ2v) is 6.17. The van der Waals surface area contributed by atoms with Crippen molar-refractivity contribution in [1.29, 1.82) is 0 Å². The van der Waals surface area contributed by atoms with Crippen molar-refractivity contribution in [2.24, 2.45) is 0 Å². The quantitative estimate of drug-likeness (QED) is 0.660. The van der Waals surface area contributed by atoms with E-state index in [1.807, 2.05) is 0 Å². The lowest BCUT2D eigenvalue weighted by molar-refractivity contribution is -0.137. The van der Waals surface area contributed by atoms with E-state index in [0.29, 0.717) is 17.2 Å². The molecule has 0 aliphatic rings. The van der Waals surface area contributed by atoms with E-state index in [9.17, 15) is 14.4 Å². The molecule has 0 saturated heterocycles. The van der Waals surface area contributed by atoms with Crippen LogP contribution in [0.2, 0.25) is 0 Å². The molecule has 8 heteroatoms. The number of aliphatic carboxylic acids is 1. The van der Waals surface area contributed by atoms with E-state index < -0.39 is 17.4 Å². The Morgan fingerprint density at radius 3 is 2.28 bits per heavy atom. The topological polar surface area (TPSA) is 114 Å². The summed E-state index contributed by atoms with van der Waals surface area (Å²) in [5, 5.41) is 14.2. The van der Waals surface area contributed by atoms with Gasteiger partial charge in [-0.1, -0.05) is 0 Å². The molecule has 25 heavy (non-hydrogen) atoms. The van der Waals surface area contributed by atoms with Crippen LogP contribution in [0.1, 0.15) is 44.0 Å². The SMILES string of the molecule is COc1cc(C(=O)NC(C)(C)CCC(=O)O)cc(NC(C)=O)c1OC. The lowest BCUT2D eigenvalue weighted by Gasteiger charge is -2.26. The average Bonchev–Trinajstić information content (AvgIpc) is 2.51. The number of carboxylic acid groups (broad SMARTS) is 1. The molecule has 0 saturated carbocycles. The van der Waals surface area contributed by atoms with Crippen molar-refractivity contribution in [3.63, 3.8) is 0 Å². The maximum atomic E-state index is 12.5. The number of amides is 2. The number of hydrogen-bond donors (Lipinski definition) is 3. The predicted octanol–water partition coefficient (Wildman–Crippen LogP) is 2.04. The molecule has 0 spiro atoms. The number of rotatable bonds is 8. The maximum Gasteiger partial charge on any atom is 0.303 e. The summed E-state index contributed by atoms with van der Waals surface area (Å²) in [7, 11) is 2.85. The Bertz CT molecular complexity index is 669. The largest absolute Gasteiger partial charge is 0.493 e. The summed E-state index contributed by atoms with van der Waals surface area (Å²) in [4.78, 5) is 34.6. The summed E-state index contributed by atoms with van der Waals surface area (Å²) in [6, 6.07) is 2.97. The van der Waals surface area contributed by atoms with Crippen molar-refractivity contribution >= 4 is 23.5 Å². The van der Waals surface area contributed by atoms with E-state index in [2.05, 4.69) is 10.6 Å². The van der Waals surface area contributed by atoms with Gasteiger partial charge in [0.25, 0.3) is 5.91 Å². The number of nitrogens with one attached hydrogen (secondary N) is 2. The molecule has 0 aliphatic heterocycles. The number of benzene rings is 1. The van der Waals surface area contributed by atoms with Crippen LogP contribution >= 0.6 is 0 Å². The molecule has 0 bridgehead atoms. The third-order valence-electron chi connectivity index (χ3n) is 3.47. The highest BCUT2D eigenvalue weighted by atomic mass is 16.5. The summed E-state index contributed by atoms with van der Waals surface area (Å²) in [5.41, 5.74) is -0.149. The second kappa shape index (κ2) is 8.36. The van der Waals surface area contributed by atoms with E-state index in [-0.39, 0.29) is 24.3 Å². The summed E-state index contributed by atoms with van der Waals surface area (Å²) < 4.78 is 10.5. The summed E-state index contributed by atoms with van der Waals surface area (Å²) in [6.07, 6.45) is 0.219. The van der Waals surface area contributed by atoms with Crippen LogP contribution in [-0.2, 0) is 9.59 Å². The number of methoxy groups -OCH3 is 2. The summed E-state index contributed by atoms with van der Waals surface area (Å²) in [5.74, 6) is -1.06. The highest BCUT2D eigenvalue weighted by Crippen LogP contribution is 2.36. The van der Waals surface area contributed by atoms with E-state index in [1.54, 1.807) is 13.8 Å². The Hall–Kier alpha value is -2.77. The first-order valence-corrected chi connectivity index (χ1v) is 7.67. The van der Waals surface area contributed by atoms with Crippen LogP contribution < -0.4 is 20.1 Å². The zero-order chi connectivity index (χ0) is 19.2. The van der Waals surface area contributed by atoms with E-state index >= 15 is 0 Å². The van der Waals surface area contributed by atoms with Gasteiger partial charge in [0.05, 0.1) is 19.9 Å². The molecule has 0 radical (unpaired) electrons. The van der Waals surface area contributed by atoms with Gasteiger partial charge in [0.2, 0.25) is 5.91 Å². The van der Waals surface area contributed by atoms with Crippen LogP contribution in [-0.4, -0.2) is 42.6 Å². The number of anilines is 1. The molecule has 138 valence electrons. The minimum atomic E-state index is -0.929. The molecular formula is C17H24N2O6. The molecule has 0 atom stereocenters. The predicted molar refractivity (Wildman–Crippen MR) is 92.3 cm³/mol. The highest BCUT2D eigenvalue weighted by molar-refractivity contribution is 5.99. The maximum absolute atomic E-state index is 12.5. The van der Waals surface area contributed by atoms with Crippen LogP contribution in [0.3, 0.4) is 0 Å². The number of carbonyl (C=O) groups excluding carboxylic acids is 2. The molecule has 1 rings (SSSR count). The van der Waals surface area contributed by atoms with E-state index in [4.69, 9.17) is 14.6 Å². The Morgan fingerprint density at radius 2 is 1.80 bits per heavy atom. The Kier molecular flexibility index (Phi) is 6.78. The van der Waals surface area contributed by atoms with E-state index in [1.165, 1.54) is 33.3 Å². The van der Waals surface area contributed by atoms with Crippen LogP contribution in [0, 0.1) is 0 Å². The summed E-state index contributed by atoms with van der Waals surface area (Å²) in [6.45, 7) is 4.82. The summed E-state index contributed by atoms with van der Waals surface area (Å²) >= 11 is 0. The van der Waals surface area contributed by atoms with Crippen molar-refractivity contribution in [3.05, 3.63) is 17.7 Å². The van der Waals surface area contributed by atoms with Crippen molar-refractivity contribution < 1.29 is 29.0 Å². The monoisotopic (exact) mass is 352 g/mol. The number of hydrogen-bond acceptors (Lipinski definition) is 5. The van der Waals surface area contributed by atoms with Gasteiger partial charge in [-0.05, 0) is 32.4 Å².